The maximum atomic E-state index is 13.9. The molecule has 38 heavy (non-hydrogen) atoms. The monoisotopic (exact) mass is 566 g/mol. The predicted molar refractivity (Wildman–Crippen MR) is 148 cm³/mol. The van der Waals surface area contributed by atoms with Gasteiger partial charge in [-0.05, 0) is 42.8 Å². The van der Waals surface area contributed by atoms with Crippen molar-refractivity contribution in [2.45, 2.75) is 82.5 Å². The highest BCUT2D eigenvalue weighted by Crippen LogP contribution is 2.36. The van der Waals surface area contributed by atoms with E-state index in [0.717, 1.165) is 43.5 Å². The largest absolute Gasteiger partial charge is 0.418 e. The Morgan fingerprint density at radius 3 is 2.21 bits per heavy atom. The van der Waals surface area contributed by atoms with Gasteiger partial charge in [0.25, 0.3) is 0 Å². The maximum Gasteiger partial charge on any atom is 0.418 e. The van der Waals surface area contributed by atoms with Crippen LogP contribution < -0.4 is 5.32 Å². The third-order valence-corrected chi connectivity index (χ3v) is 7.30. The first kappa shape index (κ1) is 30.0. The Bertz CT molecular complexity index is 1150. The van der Waals surface area contributed by atoms with Gasteiger partial charge in [0.15, 0.2) is 5.16 Å². The first-order valence-corrected chi connectivity index (χ1v) is 14.4. The first-order chi connectivity index (χ1) is 18.3. The van der Waals surface area contributed by atoms with Gasteiger partial charge >= 0.3 is 6.18 Å². The smallest absolute Gasteiger partial charge is 0.325 e. The molecule has 0 spiro atoms. The van der Waals surface area contributed by atoms with Crippen molar-refractivity contribution in [3.8, 4) is 5.69 Å². The summed E-state index contributed by atoms with van der Waals surface area (Å²) in [6, 6.07) is 12.1. The molecule has 0 saturated carbocycles. The molecule has 0 unspecified atom stereocenters. The van der Waals surface area contributed by atoms with Crippen LogP contribution in [0, 0.1) is 0 Å². The molecule has 5 nitrogen and oxygen atoms in total. The van der Waals surface area contributed by atoms with E-state index in [9.17, 15) is 18.0 Å². The van der Waals surface area contributed by atoms with E-state index in [-0.39, 0.29) is 22.5 Å². The minimum Gasteiger partial charge on any atom is -0.325 e. The van der Waals surface area contributed by atoms with Crippen molar-refractivity contribution in [3.63, 3.8) is 0 Å². The van der Waals surface area contributed by atoms with Gasteiger partial charge in [0.1, 0.15) is 5.82 Å². The lowest BCUT2D eigenvalue weighted by atomic mass is 10.1. The second kappa shape index (κ2) is 15.2. The van der Waals surface area contributed by atoms with Crippen LogP contribution in [0.4, 0.5) is 18.9 Å². The lowest BCUT2D eigenvalue weighted by Gasteiger charge is -2.16. The number of carbonyl (C=O) groups is 1. The maximum absolute atomic E-state index is 13.9. The number of hydrogen-bond acceptors (Lipinski definition) is 4. The Kier molecular flexibility index (Phi) is 12.0. The second-order valence-corrected chi connectivity index (χ2v) is 10.6. The summed E-state index contributed by atoms with van der Waals surface area (Å²) >= 11 is 6.93. The number of alkyl halides is 3. The fourth-order valence-corrected chi connectivity index (χ4v) is 5.05. The molecule has 1 heterocycles. The minimum absolute atomic E-state index is 0.0310. The molecule has 0 radical (unpaired) electrons. The predicted octanol–water partition coefficient (Wildman–Crippen LogP) is 8.74. The molecule has 3 aromatic rings. The highest BCUT2D eigenvalue weighted by Gasteiger charge is 2.35. The molecule has 0 aliphatic carbocycles. The lowest BCUT2D eigenvalue weighted by molar-refractivity contribution is -0.137. The minimum atomic E-state index is -4.54. The molecule has 0 atom stereocenters. The van der Waals surface area contributed by atoms with Crippen molar-refractivity contribution in [2.24, 2.45) is 0 Å². The molecule has 2 aromatic carbocycles. The van der Waals surface area contributed by atoms with E-state index in [4.69, 9.17) is 11.6 Å². The molecule has 3 rings (SSSR count). The van der Waals surface area contributed by atoms with Crippen LogP contribution in [-0.4, -0.2) is 26.4 Å². The molecule has 1 amide bonds. The second-order valence-electron chi connectivity index (χ2n) is 9.17. The summed E-state index contributed by atoms with van der Waals surface area (Å²) in [7, 11) is 0. The van der Waals surface area contributed by atoms with E-state index in [0.29, 0.717) is 23.0 Å². The quantitative estimate of drug-likeness (QED) is 0.147. The third-order valence-electron chi connectivity index (χ3n) is 6.12. The average Bonchev–Trinajstić information content (AvgIpc) is 3.30. The highest BCUT2D eigenvalue weighted by atomic mass is 35.5. The van der Waals surface area contributed by atoms with Crippen molar-refractivity contribution in [3.05, 3.63) is 64.9 Å². The standard InChI is InChI=1S/C28H34ClF3N4OS/c1-2-3-4-5-6-7-8-9-10-15-25-34-35-27(36(25)24-14-12-11-13-23(24)28(30,31)32)38-20-26(37)33-22-18-16-21(29)17-19-22/h11-14,16-19H,2-10,15,20H2,1H3,(H,33,37). The molecule has 1 N–H and O–H groups in total. The van der Waals surface area contributed by atoms with Crippen LogP contribution in [0.15, 0.2) is 53.7 Å². The van der Waals surface area contributed by atoms with Gasteiger partial charge in [0.05, 0.1) is 17.0 Å². The number of aromatic nitrogens is 3. The number of anilines is 1. The highest BCUT2D eigenvalue weighted by molar-refractivity contribution is 7.99. The van der Waals surface area contributed by atoms with Crippen molar-refractivity contribution < 1.29 is 18.0 Å². The Morgan fingerprint density at radius 2 is 1.55 bits per heavy atom. The van der Waals surface area contributed by atoms with Crippen molar-refractivity contribution >= 4 is 35.0 Å². The number of unbranched alkanes of at least 4 members (excludes halogenated alkanes) is 8. The molecule has 0 saturated heterocycles. The Balaban J connectivity index is 1.69. The summed E-state index contributed by atoms with van der Waals surface area (Å²) in [5, 5.41) is 12.0. The normalized spacial score (nSPS) is 11.6. The zero-order chi connectivity index (χ0) is 27.4. The number of benzene rings is 2. The van der Waals surface area contributed by atoms with Crippen LogP contribution in [0.3, 0.4) is 0 Å². The topological polar surface area (TPSA) is 59.8 Å². The zero-order valence-electron chi connectivity index (χ0n) is 21.6. The van der Waals surface area contributed by atoms with Crippen molar-refractivity contribution in [1.82, 2.24) is 14.8 Å². The number of rotatable bonds is 15. The Morgan fingerprint density at radius 1 is 0.921 bits per heavy atom. The molecule has 0 bridgehead atoms. The van der Waals surface area contributed by atoms with Crippen LogP contribution in [0.2, 0.25) is 5.02 Å². The summed E-state index contributed by atoms with van der Waals surface area (Å²) in [5.74, 6) is 0.120. The number of carbonyl (C=O) groups excluding carboxylic acids is 1. The lowest BCUT2D eigenvalue weighted by Crippen LogP contribution is -2.16. The Labute approximate surface area is 231 Å². The molecule has 206 valence electrons. The number of para-hydroxylation sites is 1. The number of nitrogens with zero attached hydrogens (tertiary/aromatic N) is 3. The van der Waals surface area contributed by atoms with Gasteiger partial charge in [0, 0.05) is 17.1 Å². The summed E-state index contributed by atoms with van der Waals surface area (Å²) < 4.78 is 43.0. The van der Waals surface area contributed by atoms with Crippen LogP contribution in [0.25, 0.3) is 5.69 Å². The van der Waals surface area contributed by atoms with Crippen LogP contribution in [0.5, 0.6) is 0 Å². The number of thioether (sulfide) groups is 1. The van der Waals surface area contributed by atoms with E-state index in [1.807, 2.05) is 0 Å². The molecule has 0 aliphatic heterocycles. The van der Waals surface area contributed by atoms with Gasteiger partial charge in [0.2, 0.25) is 5.91 Å². The summed E-state index contributed by atoms with van der Waals surface area (Å²) in [5.41, 5.74) is -0.216. The number of aryl methyl sites for hydroxylation is 1. The number of halogens is 4. The summed E-state index contributed by atoms with van der Waals surface area (Å²) in [6.45, 7) is 2.20. The van der Waals surface area contributed by atoms with E-state index in [1.54, 1.807) is 30.3 Å². The van der Waals surface area contributed by atoms with Crippen LogP contribution in [-0.2, 0) is 17.4 Å². The summed E-state index contributed by atoms with van der Waals surface area (Å²) in [4.78, 5) is 12.5. The van der Waals surface area contributed by atoms with E-state index in [1.165, 1.54) is 48.8 Å². The zero-order valence-corrected chi connectivity index (χ0v) is 23.1. The number of hydrogen-bond donors (Lipinski definition) is 1. The molecular formula is C28H34ClF3N4OS. The number of amides is 1. The first-order valence-electron chi connectivity index (χ1n) is 13.1. The van der Waals surface area contributed by atoms with E-state index >= 15 is 0 Å². The van der Waals surface area contributed by atoms with E-state index < -0.39 is 11.7 Å². The SMILES string of the molecule is CCCCCCCCCCCc1nnc(SCC(=O)Nc2ccc(Cl)cc2)n1-c1ccccc1C(F)(F)F. The summed E-state index contributed by atoms with van der Waals surface area (Å²) in [6.07, 6.45) is 6.26. The number of nitrogens with one attached hydrogen (secondary N) is 1. The molecule has 1 aromatic heterocycles. The van der Waals surface area contributed by atoms with Crippen molar-refractivity contribution in [2.75, 3.05) is 11.1 Å². The fourth-order valence-electron chi connectivity index (χ4n) is 4.16. The van der Waals surface area contributed by atoms with Crippen LogP contribution in [0.1, 0.15) is 76.1 Å². The molecule has 0 aliphatic rings. The van der Waals surface area contributed by atoms with Crippen LogP contribution >= 0.6 is 23.4 Å². The van der Waals surface area contributed by atoms with Gasteiger partial charge in [-0.25, -0.2) is 0 Å². The average molecular weight is 567 g/mol. The molecule has 10 heteroatoms. The van der Waals surface area contributed by atoms with Gasteiger partial charge in [-0.1, -0.05) is 93.8 Å². The van der Waals surface area contributed by atoms with Gasteiger partial charge in [-0.3, -0.25) is 9.36 Å². The van der Waals surface area contributed by atoms with Gasteiger partial charge in [-0.2, -0.15) is 13.2 Å². The fraction of sp³-hybridized carbons (Fsp3) is 0.464. The van der Waals surface area contributed by atoms with Gasteiger partial charge in [-0.15, -0.1) is 10.2 Å². The van der Waals surface area contributed by atoms with E-state index in [2.05, 4.69) is 22.4 Å². The van der Waals surface area contributed by atoms with Crippen molar-refractivity contribution in [1.29, 1.82) is 0 Å². The molecular weight excluding hydrogens is 533 g/mol. The van der Waals surface area contributed by atoms with Gasteiger partial charge < -0.3 is 5.32 Å². The molecule has 0 fully saturated rings. The Hall–Kier alpha value is -2.52. The third kappa shape index (κ3) is 9.34.